The van der Waals surface area contributed by atoms with Crippen molar-refractivity contribution in [3.63, 3.8) is 0 Å². The van der Waals surface area contributed by atoms with Crippen molar-refractivity contribution in [2.75, 3.05) is 0 Å². The topological polar surface area (TPSA) is 9.86 Å². The van der Waals surface area contributed by atoms with Crippen LogP contribution in [0.1, 0.15) is 99.9 Å². The van der Waals surface area contributed by atoms with Gasteiger partial charge < -0.3 is 9.13 Å². The first kappa shape index (κ1) is 57.0. The van der Waals surface area contributed by atoms with Crippen LogP contribution in [0.15, 0.2) is 291 Å². The van der Waals surface area contributed by atoms with E-state index in [-0.39, 0.29) is 21.7 Å². The summed E-state index contributed by atoms with van der Waals surface area (Å²) in [7, 11) is 0. The van der Waals surface area contributed by atoms with Crippen molar-refractivity contribution >= 4 is 43.6 Å². The smallest absolute Gasteiger partial charge is 0.0541 e. The van der Waals surface area contributed by atoms with Gasteiger partial charge in [0.2, 0.25) is 0 Å². The van der Waals surface area contributed by atoms with Gasteiger partial charge in [0.15, 0.2) is 0 Å². The Morgan fingerprint density at radius 3 is 0.765 bits per heavy atom. The molecule has 466 valence electrons. The largest absolute Gasteiger partial charge is 0.309 e. The first-order chi connectivity index (χ1) is 47.6. The Morgan fingerprint density at radius 2 is 0.408 bits per heavy atom. The molecule has 16 aromatic rings. The number of hydrogen-bond acceptors (Lipinski definition) is 0. The molecule has 0 saturated heterocycles. The van der Waals surface area contributed by atoms with Gasteiger partial charge >= 0.3 is 0 Å². The van der Waals surface area contributed by atoms with Gasteiger partial charge in [-0.05, 0) is 230 Å². The van der Waals surface area contributed by atoms with Crippen LogP contribution in [-0.2, 0) is 21.7 Å². The summed E-state index contributed by atoms with van der Waals surface area (Å²) < 4.78 is 4.92. The van der Waals surface area contributed by atoms with Crippen LogP contribution in [-0.4, -0.2) is 9.13 Å². The fraction of sp³-hybridized carbons (Fsp3) is 0.125. The minimum Gasteiger partial charge on any atom is -0.309 e. The van der Waals surface area contributed by atoms with E-state index in [0.717, 1.165) is 0 Å². The molecule has 14 aromatic carbocycles. The van der Waals surface area contributed by atoms with Gasteiger partial charge in [-0.3, -0.25) is 0 Å². The van der Waals surface area contributed by atoms with Gasteiger partial charge in [0.05, 0.1) is 22.1 Å². The molecule has 2 aromatic heterocycles. The number of fused-ring (bicyclic) bond motifs is 18. The van der Waals surface area contributed by atoms with Crippen LogP contribution in [0.2, 0.25) is 0 Å². The molecular weight excluding hydrogens is 1180 g/mol. The van der Waals surface area contributed by atoms with Gasteiger partial charge in [-0.2, -0.15) is 0 Å². The second-order valence-corrected chi connectivity index (χ2v) is 30.4. The fourth-order valence-electron chi connectivity index (χ4n) is 18.4. The average Bonchev–Trinajstić information content (AvgIpc) is 1.58. The maximum atomic E-state index is 2.48. The van der Waals surface area contributed by atoms with Gasteiger partial charge in [0, 0.05) is 54.6 Å². The summed E-state index contributed by atoms with van der Waals surface area (Å²) in [6.07, 6.45) is 0. The Morgan fingerprint density at radius 1 is 0.173 bits per heavy atom. The molecular formula is C96H72N2. The van der Waals surface area contributed by atoms with Crippen LogP contribution in [0, 0.1) is 0 Å². The molecule has 4 aliphatic rings. The highest BCUT2D eigenvalue weighted by Crippen LogP contribution is 2.56. The molecule has 20 rings (SSSR count). The van der Waals surface area contributed by atoms with Gasteiger partial charge in [-0.15, -0.1) is 0 Å². The summed E-state index contributed by atoms with van der Waals surface area (Å²) >= 11 is 0. The minimum atomic E-state index is -0.183. The monoisotopic (exact) mass is 1250 g/mol. The van der Waals surface area contributed by atoms with Crippen LogP contribution in [0.25, 0.3) is 155 Å². The highest BCUT2D eigenvalue weighted by atomic mass is 15.0. The van der Waals surface area contributed by atoms with Crippen LogP contribution < -0.4 is 0 Å². The predicted octanol–water partition coefficient (Wildman–Crippen LogP) is 25.4. The van der Waals surface area contributed by atoms with Crippen molar-refractivity contribution in [1.82, 2.24) is 9.13 Å². The zero-order valence-electron chi connectivity index (χ0n) is 56.6. The number of hydrogen-bond donors (Lipinski definition) is 0. The lowest BCUT2D eigenvalue weighted by molar-refractivity contribution is 0.660. The third-order valence-corrected chi connectivity index (χ3v) is 23.8. The maximum Gasteiger partial charge on any atom is 0.0541 e. The molecule has 0 aliphatic heterocycles. The summed E-state index contributed by atoms with van der Waals surface area (Å²) in [6.45, 7) is 19.1. The molecule has 4 aliphatic carbocycles. The highest BCUT2D eigenvalue weighted by molar-refractivity contribution is 6.12. The van der Waals surface area contributed by atoms with E-state index in [1.165, 1.54) is 200 Å². The van der Waals surface area contributed by atoms with Gasteiger partial charge in [-0.1, -0.05) is 262 Å². The van der Waals surface area contributed by atoms with Crippen LogP contribution in [0.5, 0.6) is 0 Å². The standard InChI is InChI=1S/C96H72N2/c1-93(2)81-21-13-9-17-69(81)75-45-39-67(55-87(75)93)97-89-23-15-11-19-77(89)79-49-61(37-47-91(79)97)57-25-29-59(30-26-57)63-33-41-71-73-43-35-65(53-85(73)95(5,6)83(71)51-63)66-36-44-74-72-42-34-64(52-84(72)96(7,8)86(74)54-66)60-31-27-58(28-32-60)62-38-48-92-80(50-62)78-20-12-16-24-90(78)98(92)68-40-46-76-70-18-10-14-22-82(70)94(3,4)88(76)56-68/h9-56H,1-8H3. The molecule has 2 nitrogen and oxygen atoms in total. The number of para-hydroxylation sites is 2. The lowest BCUT2D eigenvalue weighted by atomic mass is 9.79. The third kappa shape index (κ3) is 7.97. The van der Waals surface area contributed by atoms with Crippen LogP contribution in [0.3, 0.4) is 0 Å². The van der Waals surface area contributed by atoms with E-state index in [4.69, 9.17) is 0 Å². The Kier molecular flexibility index (Phi) is 11.7. The normalized spacial score (nSPS) is 15.1. The first-order valence-electron chi connectivity index (χ1n) is 34.9. The predicted molar refractivity (Wildman–Crippen MR) is 413 cm³/mol. The summed E-state index contributed by atoms with van der Waals surface area (Å²) in [6, 6.07) is 111. The number of nitrogens with zero attached hydrogens (tertiary/aromatic N) is 2. The van der Waals surface area contributed by atoms with E-state index in [0.29, 0.717) is 0 Å². The molecule has 0 bridgehead atoms. The maximum absolute atomic E-state index is 2.48. The van der Waals surface area contributed by atoms with Crippen molar-refractivity contribution in [2.45, 2.75) is 77.0 Å². The molecule has 98 heavy (non-hydrogen) atoms. The lowest BCUT2D eigenvalue weighted by Gasteiger charge is -2.24. The molecule has 0 radical (unpaired) electrons. The van der Waals surface area contributed by atoms with E-state index in [1.54, 1.807) is 0 Å². The molecule has 0 unspecified atom stereocenters. The minimum absolute atomic E-state index is 0.0707. The highest BCUT2D eigenvalue weighted by Gasteiger charge is 2.40. The van der Waals surface area contributed by atoms with E-state index in [9.17, 15) is 0 Å². The zero-order chi connectivity index (χ0) is 65.9. The molecule has 0 amide bonds. The number of benzene rings is 14. The molecule has 2 heteroatoms. The van der Waals surface area contributed by atoms with Crippen LogP contribution >= 0.6 is 0 Å². The zero-order valence-corrected chi connectivity index (χ0v) is 56.6. The van der Waals surface area contributed by atoms with Crippen molar-refractivity contribution in [3.8, 4) is 112 Å². The second kappa shape index (κ2) is 20.1. The van der Waals surface area contributed by atoms with Crippen molar-refractivity contribution in [3.05, 3.63) is 336 Å². The SMILES string of the molecule is CC1(C)c2cc(-c3ccc(-c4ccc5c(c4)c4ccccc4n5-c4ccc5c(c4)C(C)(C)c4ccccc4-5)cc3)ccc2-c2ccc(-c3ccc4c(c3)C(C)(C)c3cc(-c5ccc(-c6ccc7c(c6)c6ccccc6n7-c6ccc7c(c6)C(C)(C)c6ccccc6-7)cc5)ccc3-4)cc21. The molecule has 0 saturated carbocycles. The van der Waals surface area contributed by atoms with Crippen molar-refractivity contribution in [1.29, 1.82) is 0 Å². The average molecular weight is 1250 g/mol. The Hall–Kier alpha value is -11.3. The summed E-state index contributed by atoms with van der Waals surface area (Å²) in [4.78, 5) is 0. The van der Waals surface area contributed by atoms with Gasteiger partial charge in [0.1, 0.15) is 0 Å². The summed E-state index contributed by atoms with van der Waals surface area (Å²) in [5.74, 6) is 0. The van der Waals surface area contributed by atoms with E-state index >= 15 is 0 Å². The second-order valence-electron chi connectivity index (χ2n) is 30.4. The summed E-state index contributed by atoms with van der Waals surface area (Å²) in [5, 5.41) is 5.06. The van der Waals surface area contributed by atoms with Crippen molar-refractivity contribution in [2.24, 2.45) is 0 Å². The Balaban J connectivity index is 0.550. The van der Waals surface area contributed by atoms with Crippen molar-refractivity contribution < 1.29 is 0 Å². The Labute approximate surface area is 573 Å². The number of rotatable bonds is 7. The molecule has 0 N–H and O–H groups in total. The van der Waals surface area contributed by atoms with E-state index < -0.39 is 0 Å². The Bertz CT molecular complexity index is 5770. The third-order valence-electron chi connectivity index (χ3n) is 23.8. The molecule has 0 fully saturated rings. The summed E-state index contributed by atoms with van der Waals surface area (Å²) in [5.41, 5.74) is 40.9. The molecule has 2 heterocycles. The van der Waals surface area contributed by atoms with Crippen LogP contribution in [0.4, 0.5) is 0 Å². The fourth-order valence-corrected chi connectivity index (χ4v) is 18.4. The van der Waals surface area contributed by atoms with E-state index in [1.807, 2.05) is 0 Å². The van der Waals surface area contributed by atoms with Gasteiger partial charge in [0.25, 0.3) is 0 Å². The first-order valence-corrected chi connectivity index (χ1v) is 34.9. The van der Waals surface area contributed by atoms with Gasteiger partial charge in [-0.25, -0.2) is 0 Å². The number of aromatic nitrogens is 2. The molecule has 0 spiro atoms. The molecule has 0 atom stereocenters. The quantitative estimate of drug-likeness (QED) is 0.151. The lowest BCUT2D eigenvalue weighted by Crippen LogP contribution is -2.15. The van der Waals surface area contributed by atoms with E-state index in [2.05, 4.69) is 356 Å².